The molecule has 1 aliphatic heterocycles. The van der Waals surface area contributed by atoms with Crippen LogP contribution in [0.1, 0.15) is 34.6 Å². The van der Waals surface area contributed by atoms with Gasteiger partial charge in [-0.25, -0.2) is 0 Å². The Bertz CT molecular complexity index is 200. The fourth-order valence-corrected chi connectivity index (χ4v) is 2.17. The van der Waals surface area contributed by atoms with Gasteiger partial charge in [0.25, 0.3) is 0 Å². The van der Waals surface area contributed by atoms with E-state index < -0.39 is 0 Å². The summed E-state index contributed by atoms with van der Waals surface area (Å²) < 4.78 is 0. The van der Waals surface area contributed by atoms with Crippen molar-refractivity contribution in [3.8, 4) is 0 Å². The van der Waals surface area contributed by atoms with Crippen LogP contribution in [0.3, 0.4) is 0 Å². The molecular weight excluding hydrogens is 198 g/mol. The van der Waals surface area contributed by atoms with Gasteiger partial charge >= 0.3 is 0 Å². The van der Waals surface area contributed by atoms with E-state index in [-0.39, 0.29) is 0 Å². The van der Waals surface area contributed by atoms with Crippen LogP contribution in [0.15, 0.2) is 0 Å². The van der Waals surface area contributed by atoms with Gasteiger partial charge in [0.15, 0.2) is 0 Å². The third-order valence-corrected chi connectivity index (χ3v) is 3.76. The molecule has 2 atom stereocenters. The van der Waals surface area contributed by atoms with Crippen LogP contribution in [0.5, 0.6) is 0 Å². The first-order valence-electron chi connectivity index (χ1n) is 6.53. The van der Waals surface area contributed by atoms with Crippen LogP contribution in [0, 0.1) is 5.92 Å². The lowest BCUT2D eigenvalue weighted by Crippen LogP contribution is -2.54. The van der Waals surface area contributed by atoms with Crippen molar-refractivity contribution in [1.82, 2.24) is 9.80 Å². The van der Waals surface area contributed by atoms with Crippen molar-refractivity contribution in [3.63, 3.8) is 0 Å². The Hall–Kier alpha value is -0.120. The van der Waals surface area contributed by atoms with Gasteiger partial charge < -0.3 is 10.6 Å². The molecule has 1 heterocycles. The molecular formula is C13H29N3. The molecule has 16 heavy (non-hydrogen) atoms. The summed E-state index contributed by atoms with van der Waals surface area (Å²) in [5.74, 6) is 0.598. The zero-order valence-electron chi connectivity index (χ0n) is 11.7. The molecule has 0 aromatic carbocycles. The molecule has 0 saturated carbocycles. The molecule has 1 rings (SSSR count). The lowest BCUT2D eigenvalue weighted by molar-refractivity contribution is 0.0551. The number of nitrogens with zero attached hydrogens (tertiary/aromatic N) is 2. The van der Waals surface area contributed by atoms with Gasteiger partial charge in [0, 0.05) is 44.3 Å². The second-order valence-corrected chi connectivity index (χ2v) is 6.29. The Labute approximate surface area is 101 Å². The first-order valence-corrected chi connectivity index (χ1v) is 6.53. The first-order chi connectivity index (χ1) is 7.30. The molecule has 3 heteroatoms. The molecule has 1 saturated heterocycles. The zero-order chi connectivity index (χ0) is 12.3. The Morgan fingerprint density at radius 1 is 1.06 bits per heavy atom. The average molecular weight is 227 g/mol. The van der Waals surface area contributed by atoms with Crippen LogP contribution in [0.25, 0.3) is 0 Å². The summed E-state index contributed by atoms with van der Waals surface area (Å²) in [6, 6.07) is 0.306. The van der Waals surface area contributed by atoms with Gasteiger partial charge in [0.05, 0.1) is 0 Å². The summed E-state index contributed by atoms with van der Waals surface area (Å²) in [7, 11) is 0. The molecule has 0 bridgehead atoms. The standard InChI is InChI=1S/C13H29N3/c1-11(12(2)14)10-15-6-8-16(9-7-15)13(3,4)5/h11-12H,6-10,14H2,1-5H3. The largest absolute Gasteiger partial charge is 0.328 e. The number of piperazine rings is 1. The zero-order valence-corrected chi connectivity index (χ0v) is 11.7. The molecule has 2 N–H and O–H groups in total. The van der Waals surface area contributed by atoms with E-state index in [2.05, 4.69) is 44.4 Å². The molecule has 3 nitrogen and oxygen atoms in total. The molecule has 1 aliphatic rings. The smallest absolute Gasteiger partial charge is 0.0126 e. The second-order valence-electron chi connectivity index (χ2n) is 6.29. The van der Waals surface area contributed by atoms with Gasteiger partial charge in [-0.2, -0.15) is 0 Å². The van der Waals surface area contributed by atoms with E-state index in [4.69, 9.17) is 5.73 Å². The van der Waals surface area contributed by atoms with Crippen LogP contribution >= 0.6 is 0 Å². The maximum Gasteiger partial charge on any atom is 0.0126 e. The molecule has 0 radical (unpaired) electrons. The third kappa shape index (κ3) is 4.04. The van der Waals surface area contributed by atoms with Gasteiger partial charge in [-0.05, 0) is 33.6 Å². The maximum atomic E-state index is 5.91. The van der Waals surface area contributed by atoms with Crippen LogP contribution in [-0.4, -0.2) is 54.1 Å². The van der Waals surface area contributed by atoms with Gasteiger partial charge in [-0.1, -0.05) is 6.92 Å². The van der Waals surface area contributed by atoms with Crippen molar-refractivity contribution in [1.29, 1.82) is 0 Å². The predicted molar refractivity (Wildman–Crippen MR) is 70.6 cm³/mol. The number of hydrogen-bond acceptors (Lipinski definition) is 3. The Morgan fingerprint density at radius 2 is 1.56 bits per heavy atom. The Kier molecular flexibility index (Phi) is 4.77. The fraction of sp³-hybridized carbons (Fsp3) is 1.00. The lowest BCUT2D eigenvalue weighted by Gasteiger charge is -2.43. The topological polar surface area (TPSA) is 32.5 Å². The molecule has 2 unspecified atom stereocenters. The van der Waals surface area contributed by atoms with E-state index in [1.54, 1.807) is 0 Å². The number of hydrogen-bond donors (Lipinski definition) is 1. The molecule has 0 aliphatic carbocycles. The van der Waals surface area contributed by atoms with E-state index in [0.29, 0.717) is 17.5 Å². The average Bonchev–Trinajstić information content (AvgIpc) is 2.17. The van der Waals surface area contributed by atoms with Crippen LogP contribution in [0.4, 0.5) is 0 Å². The molecule has 0 aromatic rings. The highest BCUT2D eigenvalue weighted by Gasteiger charge is 2.26. The minimum Gasteiger partial charge on any atom is -0.328 e. The highest BCUT2D eigenvalue weighted by Crippen LogP contribution is 2.16. The normalized spacial score (nSPS) is 24.4. The van der Waals surface area contributed by atoms with Crippen LogP contribution in [-0.2, 0) is 0 Å². The summed E-state index contributed by atoms with van der Waals surface area (Å²) in [5.41, 5.74) is 6.23. The molecule has 1 fully saturated rings. The SMILES string of the molecule is CC(N)C(C)CN1CCN(C(C)(C)C)CC1. The van der Waals surface area contributed by atoms with Crippen molar-refractivity contribution in [2.45, 2.75) is 46.2 Å². The number of nitrogens with two attached hydrogens (primary N) is 1. The van der Waals surface area contributed by atoms with E-state index in [1.807, 2.05) is 0 Å². The van der Waals surface area contributed by atoms with Gasteiger partial charge in [0.1, 0.15) is 0 Å². The Balaban J connectivity index is 2.32. The lowest BCUT2D eigenvalue weighted by atomic mass is 10.0. The Morgan fingerprint density at radius 3 is 1.94 bits per heavy atom. The van der Waals surface area contributed by atoms with Gasteiger partial charge in [0.2, 0.25) is 0 Å². The second kappa shape index (κ2) is 5.48. The highest BCUT2D eigenvalue weighted by atomic mass is 15.3. The number of rotatable bonds is 3. The van der Waals surface area contributed by atoms with Crippen LogP contribution in [0.2, 0.25) is 0 Å². The quantitative estimate of drug-likeness (QED) is 0.791. The summed E-state index contributed by atoms with van der Waals surface area (Å²) in [6.07, 6.45) is 0. The van der Waals surface area contributed by atoms with Crippen molar-refractivity contribution in [2.75, 3.05) is 32.7 Å². The summed E-state index contributed by atoms with van der Waals surface area (Å²) >= 11 is 0. The van der Waals surface area contributed by atoms with E-state index in [9.17, 15) is 0 Å². The predicted octanol–water partition coefficient (Wildman–Crippen LogP) is 1.39. The molecule has 96 valence electrons. The maximum absolute atomic E-state index is 5.91. The van der Waals surface area contributed by atoms with Crippen LogP contribution < -0.4 is 5.73 Å². The molecule has 0 aromatic heterocycles. The fourth-order valence-electron chi connectivity index (χ4n) is 2.17. The minimum atomic E-state index is 0.306. The third-order valence-electron chi connectivity index (χ3n) is 3.76. The van der Waals surface area contributed by atoms with Crippen molar-refractivity contribution < 1.29 is 0 Å². The summed E-state index contributed by atoms with van der Waals surface area (Å²) in [6.45, 7) is 17.2. The van der Waals surface area contributed by atoms with E-state index >= 15 is 0 Å². The first kappa shape index (κ1) is 13.9. The molecule has 0 amide bonds. The summed E-state index contributed by atoms with van der Waals surface area (Å²) in [5, 5.41) is 0. The van der Waals surface area contributed by atoms with Crippen molar-refractivity contribution >= 4 is 0 Å². The van der Waals surface area contributed by atoms with Crippen molar-refractivity contribution in [2.24, 2.45) is 11.7 Å². The van der Waals surface area contributed by atoms with E-state index in [0.717, 1.165) is 6.54 Å². The van der Waals surface area contributed by atoms with Gasteiger partial charge in [-0.3, -0.25) is 4.90 Å². The minimum absolute atomic E-state index is 0.306. The van der Waals surface area contributed by atoms with E-state index in [1.165, 1.54) is 26.2 Å². The summed E-state index contributed by atoms with van der Waals surface area (Å²) in [4.78, 5) is 5.12. The monoisotopic (exact) mass is 227 g/mol. The van der Waals surface area contributed by atoms with Gasteiger partial charge in [-0.15, -0.1) is 0 Å². The van der Waals surface area contributed by atoms with Crippen molar-refractivity contribution in [3.05, 3.63) is 0 Å². The highest BCUT2D eigenvalue weighted by molar-refractivity contribution is 4.82. The molecule has 0 spiro atoms.